The third-order valence-electron chi connectivity index (χ3n) is 5.02. The van der Waals surface area contributed by atoms with E-state index in [4.69, 9.17) is 4.74 Å². The van der Waals surface area contributed by atoms with E-state index in [1.807, 2.05) is 11.6 Å². The molecule has 2 aliphatic rings. The lowest BCUT2D eigenvalue weighted by Gasteiger charge is -2.38. The minimum atomic E-state index is -0.134. The fourth-order valence-corrected chi connectivity index (χ4v) is 3.67. The SMILES string of the molecule is Cc1c(C(=O)NCCN2CCOC(C)(C)C2)nnn1C1CCNCC1. The van der Waals surface area contributed by atoms with Gasteiger partial charge in [-0.05, 0) is 46.7 Å². The second kappa shape index (κ2) is 7.80. The van der Waals surface area contributed by atoms with Crippen LogP contribution in [0.3, 0.4) is 0 Å². The van der Waals surface area contributed by atoms with Crippen molar-refractivity contribution >= 4 is 5.91 Å². The van der Waals surface area contributed by atoms with Gasteiger partial charge in [0.1, 0.15) is 0 Å². The number of amides is 1. The third-order valence-corrected chi connectivity index (χ3v) is 5.02. The van der Waals surface area contributed by atoms with Gasteiger partial charge in [-0.15, -0.1) is 5.10 Å². The first-order valence-corrected chi connectivity index (χ1v) is 9.23. The molecular formula is C17H30N6O2. The van der Waals surface area contributed by atoms with E-state index in [1.54, 1.807) is 0 Å². The van der Waals surface area contributed by atoms with Gasteiger partial charge >= 0.3 is 0 Å². The molecule has 0 unspecified atom stereocenters. The molecule has 0 saturated carbocycles. The average Bonchev–Trinajstić information content (AvgIpc) is 2.96. The van der Waals surface area contributed by atoms with Gasteiger partial charge in [0.25, 0.3) is 5.91 Å². The molecule has 1 aromatic heterocycles. The quantitative estimate of drug-likeness (QED) is 0.797. The van der Waals surface area contributed by atoms with Crippen molar-refractivity contribution < 1.29 is 9.53 Å². The van der Waals surface area contributed by atoms with Crippen LogP contribution in [-0.2, 0) is 4.74 Å². The van der Waals surface area contributed by atoms with Gasteiger partial charge in [-0.3, -0.25) is 9.69 Å². The van der Waals surface area contributed by atoms with Gasteiger partial charge in [0, 0.05) is 26.2 Å². The molecule has 3 heterocycles. The molecule has 1 aromatic rings. The number of nitrogens with one attached hydrogen (secondary N) is 2. The Labute approximate surface area is 149 Å². The summed E-state index contributed by atoms with van der Waals surface area (Å²) in [6.45, 7) is 12.1. The number of nitrogens with zero attached hydrogens (tertiary/aromatic N) is 4. The first kappa shape index (κ1) is 18.3. The second-order valence-electron chi connectivity index (χ2n) is 7.59. The lowest BCUT2D eigenvalue weighted by molar-refractivity contribution is -0.0853. The van der Waals surface area contributed by atoms with Crippen molar-refractivity contribution in [2.24, 2.45) is 0 Å². The molecule has 2 fully saturated rings. The Morgan fingerprint density at radius 3 is 2.88 bits per heavy atom. The van der Waals surface area contributed by atoms with E-state index < -0.39 is 0 Å². The molecular weight excluding hydrogens is 320 g/mol. The molecule has 0 aromatic carbocycles. The van der Waals surface area contributed by atoms with E-state index in [1.165, 1.54) is 0 Å². The van der Waals surface area contributed by atoms with Crippen molar-refractivity contribution in [2.75, 3.05) is 45.9 Å². The monoisotopic (exact) mass is 350 g/mol. The largest absolute Gasteiger partial charge is 0.373 e. The fraction of sp³-hybridized carbons (Fsp3) is 0.824. The fourth-order valence-electron chi connectivity index (χ4n) is 3.67. The van der Waals surface area contributed by atoms with E-state index in [0.29, 0.717) is 18.3 Å². The first-order valence-electron chi connectivity index (χ1n) is 9.23. The number of hydrogen-bond acceptors (Lipinski definition) is 6. The van der Waals surface area contributed by atoms with Crippen LogP contribution < -0.4 is 10.6 Å². The summed E-state index contributed by atoms with van der Waals surface area (Å²) in [6.07, 6.45) is 2.05. The minimum absolute atomic E-state index is 0.115. The van der Waals surface area contributed by atoms with Crippen molar-refractivity contribution in [3.05, 3.63) is 11.4 Å². The van der Waals surface area contributed by atoms with Crippen molar-refractivity contribution in [3.8, 4) is 0 Å². The number of aromatic nitrogens is 3. The smallest absolute Gasteiger partial charge is 0.273 e. The Morgan fingerprint density at radius 2 is 2.16 bits per heavy atom. The molecule has 1 amide bonds. The molecule has 0 spiro atoms. The topological polar surface area (TPSA) is 84.3 Å². The number of piperidine rings is 1. The highest BCUT2D eigenvalue weighted by Gasteiger charge is 2.27. The Kier molecular flexibility index (Phi) is 5.71. The molecule has 2 aliphatic heterocycles. The molecule has 0 aliphatic carbocycles. The van der Waals surface area contributed by atoms with Crippen LogP contribution in [0.4, 0.5) is 0 Å². The molecule has 2 saturated heterocycles. The summed E-state index contributed by atoms with van der Waals surface area (Å²) in [5, 5.41) is 14.7. The van der Waals surface area contributed by atoms with Crippen LogP contribution in [0, 0.1) is 6.92 Å². The van der Waals surface area contributed by atoms with E-state index in [9.17, 15) is 4.79 Å². The molecule has 0 bridgehead atoms. The third kappa shape index (κ3) is 4.56. The summed E-state index contributed by atoms with van der Waals surface area (Å²) in [5.41, 5.74) is 1.19. The zero-order valence-electron chi connectivity index (χ0n) is 15.5. The standard InChI is InChI=1S/C17H30N6O2/c1-13-15(20-21-23(13)14-4-6-18-7-5-14)16(24)19-8-9-22-10-11-25-17(2,3)12-22/h14,18H,4-12H2,1-3H3,(H,19,24). The lowest BCUT2D eigenvalue weighted by Crippen LogP contribution is -2.50. The maximum Gasteiger partial charge on any atom is 0.273 e. The van der Waals surface area contributed by atoms with Gasteiger partial charge in [0.2, 0.25) is 0 Å². The highest BCUT2D eigenvalue weighted by Crippen LogP contribution is 2.20. The zero-order chi connectivity index (χ0) is 17.9. The Bertz CT molecular complexity index is 594. The van der Waals surface area contributed by atoms with E-state index >= 15 is 0 Å². The van der Waals surface area contributed by atoms with Crippen LogP contribution in [0.15, 0.2) is 0 Å². The van der Waals surface area contributed by atoms with Crippen LogP contribution in [0.1, 0.15) is 48.9 Å². The van der Waals surface area contributed by atoms with E-state index in [0.717, 1.165) is 57.9 Å². The summed E-state index contributed by atoms with van der Waals surface area (Å²) in [6, 6.07) is 0.339. The molecule has 8 heteroatoms. The number of hydrogen-bond donors (Lipinski definition) is 2. The minimum Gasteiger partial charge on any atom is -0.373 e. The first-order chi connectivity index (χ1) is 12.0. The molecule has 2 N–H and O–H groups in total. The van der Waals surface area contributed by atoms with Crippen molar-refractivity contribution in [2.45, 2.75) is 45.3 Å². The van der Waals surface area contributed by atoms with Crippen molar-refractivity contribution in [3.63, 3.8) is 0 Å². The van der Waals surface area contributed by atoms with Crippen LogP contribution in [-0.4, -0.2) is 77.3 Å². The second-order valence-corrected chi connectivity index (χ2v) is 7.59. The summed E-state index contributed by atoms with van der Waals surface area (Å²) in [7, 11) is 0. The molecule has 25 heavy (non-hydrogen) atoms. The van der Waals surface area contributed by atoms with Crippen LogP contribution in [0.25, 0.3) is 0 Å². The molecule has 0 radical (unpaired) electrons. The Hall–Kier alpha value is -1.51. The molecule has 140 valence electrons. The Balaban J connectivity index is 1.51. The Morgan fingerprint density at radius 1 is 1.40 bits per heavy atom. The predicted octanol–water partition coefficient (Wildman–Crippen LogP) is 0.352. The summed E-state index contributed by atoms with van der Waals surface area (Å²) in [5.74, 6) is -0.134. The van der Waals surface area contributed by atoms with Crippen molar-refractivity contribution in [1.82, 2.24) is 30.5 Å². The summed E-state index contributed by atoms with van der Waals surface area (Å²) in [4.78, 5) is 14.8. The number of carbonyl (C=O) groups excluding carboxylic acids is 1. The maximum absolute atomic E-state index is 12.4. The van der Waals surface area contributed by atoms with Gasteiger partial charge in [-0.25, -0.2) is 4.68 Å². The summed E-state index contributed by atoms with van der Waals surface area (Å²) < 4.78 is 7.63. The van der Waals surface area contributed by atoms with E-state index in [2.05, 4.69) is 39.7 Å². The van der Waals surface area contributed by atoms with Crippen LogP contribution >= 0.6 is 0 Å². The van der Waals surface area contributed by atoms with Gasteiger partial charge < -0.3 is 15.4 Å². The van der Waals surface area contributed by atoms with Crippen LogP contribution in [0.5, 0.6) is 0 Å². The zero-order valence-corrected chi connectivity index (χ0v) is 15.5. The number of morpholine rings is 1. The number of ether oxygens (including phenoxy) is 1. The van der Waals surface area contributed by atoms with Gasteiger partial charge in [0.05, 0.1) is 23.9 Å². The molecule has 3 rings (SSSR count). The summed E-state index contributed by atoms with van der Waals surface area (Å²) >= 11 is 0. The normalized spacial score (nSPS) is 22.0. The molecule has 0 atom stereocenters. The lowest BCUT2D eigenvalue weighted by atomic mass is 10.1. The predicted molar refractivity (Wildman–Crippen MR) is 94.7 cm³/mol. The van der Waals surface area contributed by atoms with Crippen LogP contribution in [0.2, 0.25) is 0 Å². The van der Waals surface area contributed by atoms with Crippen molar-refractivity contribution in [1.29, 1.82) is 0 Å². The van der Waals surface area contributed by atoms with Gasteiger partial charge in [0.15, 0.2) is 5.69 Å². The highest BCUT2D eigenvalue weighted by molar-refractivity contribution is 5.93. The average molecular weight is 350 g/mol. The van der Waals surface area contributed by atoms with Gasteiger partial charge in [-0.1, -0.05) is 5.21 Å². The molecule has 8 nitrogen and oxygen atoms in total. The maximum atomic E-state index is 12.4. The number of carbonyl (C=O) groups is 1. The number of rotatable bonds is 5. The highest BCUT2D eigenvalue weighted by atomic mass is 16.5. The van der Waals surface area contributed by atoms with Gasteiger partial charge in [-0.2, -0.15) is 0 Å². The van der Waals surface area contributed by atoms with E-state index in [-0.39, 0.29) is 11.5 Å².